The molecule has 0 spiro atoms. The molecule has 0 radical (unpaired) electrons. The van der Waals surface area contributed by atoms with Crippen molar-refractivity contribution in [2.24, 2.45) is 0 Å². The molecule has 2 aliphatic heterocycles. The summed E-state index contributed by atoms with van der Waals surface area (Å²) in [6, 6.07) is 10.4. The fourth-order valence-electron chi connectivity index (χ4n) is 4.44. The average molecular weight is 385 g/mol. The third-order valence-electron chi connectivity index (χ3n) is 6.09. The van der Waals surface area contributed by atoms with Crippen molar-refractivity contribution in [3.63, 3.8) is 0 Å². The molecule has 1 saturated heterocycles. The van der Waals surface area contributed by atoms with Crippen molar-refractivity contribution in [1.82, 2.24) is 0 Å². The second kappa shape index (κ2) is 8.02. The van der Waals surface area contributed by atoms with Gasteiger partial charge in [0.15, 0.2) is 11.5 Å². The largest absolute Gasteiger partial charge is 0.507 e. The molecule has 4 rings (SSSR count). The highest BCUT2D eigenvalue weighted by Crippen LogP contribution is 2.32. The highest BCUT2D eigenvalue weighted by molar-refractivity contribution is 5.44. The standard InChI is InChI=1S/C23H30N2O3/c1-16(2)20-12-19(21(26)10-17(20)3)14-25-8-6-24(7-9-25)13-18-4-5-22-23(11-18)28-15-27-22/h4-5,10-12,16,26H,6-9,13-15H2,1-3H3/p+2. The van der Waals surface area contributed by atoms with Crippen molar-refractivity contribution in [2.75, 3.05) is 33.0 Å². The van der Waals surface area contributed by atoms with E-state index in [-0.39, 0.29) is 0 Å². The first-order valence-electron chi connectivity index (χ1n) is 10.4. The zero-order chi connectivity index (χ0) is 19.7. The Morgan fingerprint density at radius 2 is 1.61 bits per heavy atom. The summed E-state index contributed by atoms with van der Waals surface area (Å²) in [4.78, 5) is 3.17. The number of aryl methyl sites for hydroxylation is 1. The SMILES string of the molecule is Cc1cc(O)c(C[NH+]2CC[NH+](Cc3ccc4c(c3)OCO4)CC2)cc1C(C)C. The predicted octanol–water partition coefficient (Wildman–Crippen LogP) is 1.04. The number of fused-ring (bicyclic) bond motifs is 1. The van der Waals surface area contributed by atoms with Gasteiger partial charge in [-0.25, -0.2) is 0 Å². The van der Waals surface area contributed by atoms with Crippen molar-refractivity contribution in [2.45, 2.75) is 39.8 Å². The van der Waals surface area contributed by atoms with Crippen LogP contribution < -0.4 is 19.3 Å². The number of ether oxygens (including phenoxy) is 2. The highest BCUT2D eigenvalue weighted by Gasteiger charge is 2.25. The van der Waals surface area contributed by atoms with Crippen LogP contribution in [0.15, 0.2) is 30.3 Å². The first-order valence-corrected chi connectivity index (χ1v) is 10.4. The number of rotatable bonds is 5. The van der Waals surface area contributed by atoms with Gasteiger partial charge in [0.25, 0.3) is 0 Å². The van der Waals surface area contributed by atoms with E-state index in [0.717, 1.165) is 56.3 Å². The Labute approximate surface area is 167 Å². The lowest BCUT2D eigenvalue weighted by Crippen LogP contribution is -3.27. The molecule has 0 bridgehead atoms. The van der Waals surface area contributed by atoms with Crippen LogP contribution in [0.4, 0.5) is 0 Å². The fourth-order valence-corrected chi connectivity index (χ4v) is 4.44. The van der Waals surface area contributed by atoms with Crippen LogP contribution >= 0.6 is 0 Å². The number of hydrogen-bond donors (Lipinski definition) is 3. The van der Waals surface area contributed by atoms with Crippen molar-refractivity contribution in [1.29, 1.82) is 0 Å². The molecule has 0 aromatic heterocycles. The molecule has 2 aromatic carbocycles. The van der Waals surface area contributed by atoms with Crippen LogP contribution in [0.5, 0.6) is 17.2 Å². The van der Waals surface area contributed by atoms with Gasteiger partial charge in [-0.05, 0) is 54.3 Å². The number of aromatic hydroxyl groups is 1. The van der Waals surface area contributed by atoms with Crippen molar-refractivity contribution in [3.8, 4) is 17.2 Å². The predicted molar refractivity (Wildman–Crippen MR) is 108 cm³/mol. The molecule has 0 saturated carbocycles. The van der Waals surface area contributed by atoms with Gasteiger partial charge in [-0.15, -0.1) is 0 Å². The molecule has 5 nitrogen and oxygen atoms in total. The number of benzene rings is 2. The summed E-state index contributed by atoms with van der Waals surface area (Å²) in [5.41, 5.74) is 4.92. The van der Waals surface area contributed by atoms with Gasteiger partial charge in [0, 0.05) is 11.1 Å². The maximum Gasteiger partial charge on any atom is 0.231 e. The lowest BCUT2D eigenvalue weighted by Gasteiger charge is -2.30. The summed E-state index contributed by atoms with van der Waals surface area (Å²) < 4.78 is 10.9. The topological polar surface area (TPSA) is 47.6 Å². The summed E-state index contributed by atoms with van der Waals surface area (Å²) >= 11 is 0. The number of nitrogens with one attached hydrogen (secondary N) is 2. The molecule has 2 aromatic rings. The molecule has 5 heteroatoms. The van der Waals surface area contributed by atoms with Crippen molar-refractivity contribution < 1.29 is 24.4 Å². The Bertz CT molecular complexity index is 842. The number of quaternary nitrogens is 2. The van der Waals surface area contributed by atoms with Crippen LogP contribution in [-0.2, 0) is 13.1 Å². The highest BCUT2D eigenvalue weighted by atomic mass is 16.7. The third kappa shape index (κ3) is 4.10. The van der Waals surface area contributed by atoms with E-state index in [1.165, 1.54) is 16.7 Å². The van der Waals surface area contributed by atoms with E-state index in [2.05, 4.69) is 39.0 Å². The summed E-state index contributed by atoms with van der Waals surface area (Å²) in [6.07, 6.45) is 0. The first kappa shape index (κ1) is 19.1. The smallest absolute Gasteiger partial charge is 0.231 e. The zero-order valence-corrected chi connectivity index (χ0v) is 17.2. The van der Waals surface area contributed by atoms with Crippen molar-refractivity contribution >= 4 is 0 Å². The Morgan fingerprint density at radius 1 is 0.929 bits per heavy atom. The van der Waals surface area contributed by atoms with Gasteiger partial charge in [0.05, 0.1) is 0 Å². The van der Waals surface area contributed by atoms with Crippen LogP contribution in [-0.4, -0.2) is 38.1 Å². The quantitative estimate of drug-likeness (QED) is 0.722. The number of phenols is 1. The molecule has 2 aliphatic rings. The van der Waals surface area contributed by atoms with E-state index in [4.69, 9.17) is 9.47 Å². The fraction of sp³-hybridized carbons (Fsp3) is 0.478. The van der Waals surface area contributed by atoms with E-state index in [1.54, 1.807) is 9.80 Å². The average Bonchev–Trinajstić information content (AvgIpc) is 3.13. The van der Waals surface area contributed by atoms with Crippen LogP contribution in [0.3, 0.4) is 0 Å². The molecule has 3 N–H and O–H groups in total. The van der Waals surface area contributed by atoms with Gasteiger partial charge in [-0.2, -0.15) is 0 Å². The van der Waals surface area contributed by atoms with E-state index in [0.29, 0.717) is 18.5 Å². The first-order chi connectivity index (χ1) is 13.5. The summed E-state index contributed by atoms with van der Waals surface area (Å²) in [5.74, 6) is 2.66. The van der Waals surface area contributed by atoms with Gasteiger partial charge < -0.3 is 24.4 Å². The minimum atomic E-state index is 0.331. The Balaban J connectivity index is 1.34. The summed E-state index contributed by atoms with van der Waals surface area (Å²) in [6.45, 7) is 13.3. The van der Waals surface area contributed by atoms with E-state index in [1.807, 2.05) is 12.1 Å². The molecule has 150 valence electrons. The van der Waals surface area contributed by atoms with Gasteiger partial charge in [0.2, 0.25) is 6.79 Å². The number of piperazine rings is 1. The maximum absolute atomic E-state index is 10.4. The van der Waals surface area contributed by atoms with Crippen LogP contribution in [0.1, 0.15) is 42.0 Å². The zero-order valence-electron chi connectivity index (χ0n) is 17.2. The number of hydrogen-bond acceptors (Lipinski definition) is 3. The molecular weight excluding hydrogens is 352 g/mol. The molecule has 0 amide bonds. The molecule has 1 fully saturated rings. The van der Waals surface area contributed by atoms with Crippen LogP contribution in [0.25, 0.3) is 0 Å². The molecule has 0 unspecified atom stereocenters. The van der Waals surface area contributed by atoms with E-state index < -0.39 is 0 Å². The molecular formula is C23H32N2O3+2. The van der Waals surface area contributed by atoms with Gasteiger partial charge in [0.1, 0.15) is 45.0 Å². The van der Waals surface area contributed by atoms with E-state index >= 15 is 0 Å². The Kier molecular flexibility index (Phi) is 5.47. The number of phenolic OH excluding ortho intramolecular Hbond substituents is 1. The van der Waals surface area contributed by atoms with Gasteiger partial charge in [-0.3, -0.25) is 0 Å². The minimum Gasteiger partial charge on any atom is -0.507 e. The van der Waals surface area contributed by atoms with Crippen molar-refractivity contribution in [3.05, 3.63) is 52.6 Å². The maximum atomic E-state index is 10.4. The second-order valence-electron chi connectivity index (χ2n) is 8.53. The van der Waals surface area contributed by atoms with Gasteiger partial charge in [-0.1, -0.05) is 13.8 Å². The third-order valence-corrected chi connectivity index (χ3v) is 6.09. The summed E-state index contributed by atoms with van der Waals surface area (Å²) in [5, 5.41) is 10.4. The lowest BCUT2D eigenvalue weighted by molar-refractivity contribution is -1.02. The Hall–Kier alpha value is -2.24. The molecule has 2 heterocycles. The second-order valence-corrected chi connectivity index (χ2v) is 8.53. The van der Waals surface area contributed by atoms with Crippen LogP contribution in [0, 0.1) is 6.92 Å². The molecule has 0 aliphatic carbocycles. The van der Waals surface area contributed by atoms with Crippen LogP contribution in [0.2, 0.25) is 0 Å². The van der Waals surface area contributed by atoms with E-state index in [9.17, 15) is 5.11 Å². The molecule has 0 atom stereocenters. The molecule has 28 heavy (non-hydrogen) atoms. The monoisotopic (exact) mass is 384 g/mol. The normalized spacial score (nSPS) is 21.3. The lowest BCUT2D eigenvalue weighted by atomic mass is 9.95. The minimum absolute atomic E-state index is 0.331. The summed E-state index contributed by atoms with van der Waals surface area (Å²) in [7, 11) is 0. The Morgan fingerprint density at radius 3 is 2.32 bits per heavy atom. The van der Waals surface area contributed by atoms with Gasteiger partial charge >= 0.3 is 0 Å².